The molecular formula is C24H23BrFNO4S. The third-order valence-corrected chi connectivity index (χ3v) is 6.85. The second-order valence-electron chi connectivity index (χ2n) is 7.33. The summed E-state index contributed by atoms with van der Waals surface area (Å²) >= 11 is 3.38. The number of nitrogens with zero attached hydrogens (tertiary/aromatic N) is 1. The van der Waals surface area contributed by atoms with E-state index in [9.17, 15) is 17.6 Å². The number of rotatable bonds is 8. The highest BCUT2D eigenvalue weighted by Gasteiger charge is 2.21. The second-order valence-corrected chi connectivity index (χ2v) is 9.79. The average molecular weight is 520 g/mol. The molecule has 1 unspecified atom stereocenters. The SMILES string of the molecule is CCC(C)N(Cc1ccc(OS(=O)(=O)c2ccc(F)cc2)cc1)C(=O)c1ccc(Br)cc1. The Bertz CT molecular complexity index is 1160. The minimum absolute atomic E-state index is 0.0147. The van der Waals surface area contributed by atoms with E-state index in [0.29, 0.717) is 12.1 Å². The monoisotopic (exact) mass is 519 g/mol. The molecule has 168 valence electrons. The predicted molar refractivity (Wildman–Crippen MR) is 124 cm³/mol. The molecule has 5 nitrogen and oxygen atoms in total. The number of amides is 1. The molecule has 0 fully saturated rings. The molecule has 0 aliphatic heterocycles. The maximum atomic E-state index is 13.1. The summed E-state index contributed by atoms with van der Waals surface area (Å²) in [6.45, 7) is 4.38. The summed E-state index contributed by atoms with van der Waals surface area (Å²) in [5.74, 6) is -0.477. The Labute approximate surface area is 196 Å². The summed E-state index contributed by atoms with van der Waals surface area (Å²) in [7, 11) is -4.07. The minimum atomic E-state index is -4.07. The fourth-order valence-electron chi connectivity index (χ4n) is 3.03. The van der Waals surface area contributed by atoms with Crippen molar-refractivity contribution in [2.45, 2.75) is 37.8 Å². The molecular weight excluding hydrogens is 497 g/mol. The first-order valence-corrected chi connectivity index (χ1v) is 12.2. The maximum absolute atomic E-state index is 13.1. The van der Waals surface area contributed by atoms with Gasteiger partial charge in [-0.15, -0.1) is 0 Å². The second kappa shape index (κ2) is 10.3. The first-order valence-electron chi connectivity index (χ1n) is 10.0. The van der Waals surface area contributed by atoms with Crippen molar-refractivity contribution in [2.24, 2.45) is 0 Å². The lowest BCUT2D eigenvalue weighted by atomic mass is 10.1. The topological polar surface area (TPSA) is 63.7 Å². The Balaban J connectivity index is 1.75. The smallest absolute Gasteiger partial charge is 0.339 e. The van der Waals surface area contributed by atoms with Gasteiger partial charge in [0.05, 0.1) is 0 Å². The Morgan fingerprint density at radius 2 is 1.59 bits per heavy atom. The average Bonchev–Trinajstić information content (AvgIpc) is 2.78. The van der Waals surface area contributed by atoms with Crippen molar-refractivity contribution in [2.75, 3.05) is 0 Å². The van der Waals surface area contributed by atoms with E-state index in [1.807, 2.05) is 26.0 Å². The van der Waals surface area contributed by atoms with E-state index in [4.69, 9.17) is 4.18 Å². The lowest BCUT2D eigenvalue weighted by Gasteiger charge is -2.29. The number of carbonyl (C=O) groups is 1. The van der Waals surface area contributed by atoms with Gasteiger partial charge in [0, 0.05) is 22.6 Å². The van der Waals surface area contributed by atoms with Gasteiger partial charge in [-0.3, -0.25) is 4.79 Å². The van der Waals surface area contributed by atoms with Gasteiger partial charge < -0.3 is 9.08 Å². The highest BCUT2D eigenvalue weighted by Crippen LogP contribution is 2.22. The van der Waals surface area contributed by atoms with Gasteiger partial charge in [-0.2, -0.15) is 8.42 Å². The van der Waals surface area contributed by atoms with Gasteiger partial charge in [-0.25, -0.2) is 4.39 Å². The van der Waals surface area contributed by atoms with Crippen molar-refractivity contribution >= 4 is 32.0 Å². The number of benzene rings is 3. The molecule has 3 aromatic carbocycles. The number of halogens is 2. The fraction of sp³-hybridized carbons (Fsp3) is 0.208. The van der Waals surface area contributed by atoms with Crippen LogP contribution in [0.25, 0.3) is 0 Å². The Kier molecular flexibility index (Phi) is 7.69. The normalized spacial score (nSPS) is 12.2. The quantitative estimate of drug-likeness (QED) is 0.353. The van der Waals surface area contributed by atoms with E-state index >= 15 is 0 Å². The molecule has 32 heavy (non-hydrogen) atoms. The summed E-state index contributed by atoms with van der Waals surface area (Å²) in [4.78, 5) is 14.7. The zero-order valence-electron chi connectivity index (χ0n) is 17.7. The largest absolute Gasteiger partial charge is 0.379 e. The molecule has 3 rings (SSSR count). The number of hydrogen-bond acceptors (Lipinski definition) is 4. The zero-order chi connectivity index (χ0) is 23.3. The van der Waals surface area contributed by atoms with E-state index in [0.717, 1.165) is 40.7 Å². The molecule has 0 bridgehead atoms. The van der Waals surface area contributed by atoms with Crippen molar-refractivity contribution in [3.63, 3.8) is 0 Å². The van der Waals surface area contributed by atoms with Gasteiger partial charge in [0.1, 0.15) is 16.5 Å². The lowest BCUT2D eigenvalue weighted by Crippen LogP contribution is -2.37. The van der Waals surface area contributed by atoms with Crippen LogP contribution in [0.5, 0.6) is 5.75 Å². The molecule has 0 N–H and O–H groups in total. The van der Waals surface area contributed by atoms with Crippen LogP contribution >= 0.6 is 15.9 Å². The fourth-order valence-corrected chi connectivity index (χ4v) is 4.22. The van der Waals surface area contributed by atoms with Crippen LogP contribution in [0.4, 0.5) is 4.39 Å². The number of carbonyl (C=O) groups excluding carboxylic acids is 1. The van der Waals surface area contributed by atoms with E-state index in [-0.39, 0.29) is 22.6 Å². The van der Waals surface area contributed by atoms with Gasteiger partial charge in [0.25, 0.3) is 5.91 Å². The molecule has 0 aliphatic rings. The number of hydrogen-bond donors (Lipinski definition) is 0. The molecule has 0 saturated carbocycles. The molecule has 0 heterocycles. The van der Waals surface area contributed by atoms with E-state index in [2.05, 4.69) is 15.9 Å². The molecule has 3 aromatic rings. The van der Waals surface area contributed by atoms with Crippen molar-refractivity contribution in [3.8, 4) is 5.75 Å². The standard InChI is InChI=1S/C24H23BrFNO4S/c1-3-17(2)27(24(28)19-6-8-20(25)9-7-19)16-18-4-12-22(13-5-18)31-32(29,30)23-14-10-21(26)11-15-23/h4-15,17H,3,16H2,1-2H3. The Morgan fingerprint density at radius 3 is 2.16 bits per heavy atom. The third-order valence-electron chi connectivity index (χ3n) is 5.06. The maximum Gasteiger partial charge on any atom is 0.339 e. The van der Waals surface area contributed by atoms with Crippen molar-refractivity contribution < 1.29 is 21.8 Å². The third kappa shape index (κ3) is 5.95. The van der Waals surface area contributed by atoms with E-state index < -0.39 is 15.9 Å². The molecule has 0 aliphatic carbocycles. The summed E-state index contributed by atoms with van der Waals surface area (Å²) in [6, 6.07) is 18.2. The lowest BCUT2D eigenvalue weighted by molar-refractivity contribution is 0.0671. The Hall–Kier alpha value is -2.71. The molecule has 0 saturated heterocycles. The van der Waals surface area contributed by atoms with Gasteiger partial charge in [-0.1, -0.05) is 35.0 Å². The summed E-state index contributed by atoms with van der Waals surface area (Å²) < 4.78 is 43.8. The van der Waals surface area contributed by atoms with Crippen molar-refractivity contribution in [1.82, 2.24) is 4.90 Å². The molecule has 8 heteroatoms. The van der Waals surface area contributed by atoms with Crippen LogP contribution < -0.4 is 4.18 Å². The molecule has 1 amide bonds. The first-order chi connectivity index (χ1) is 15.2. The van der Waals surface area contributed by atoms with Crippen molar-refractivity contribution in [1.29, 1.82) is 0 Å². The first kappa shape index (κ1) is 23.9. The zero-order valence-corrected chi connectivity index (χ0v) is 20.1. The molecule has 0 aromatic heterocycles. The van der Waals surface area contributed by atoms with Gasteiger partial charge in [-0.05, 0) is 79.6 Å². The van der Waals surface area contributed by atoms with Crippen LogP contribution in [0, 0.1) is 5.82 Å². The van der Waals surface area contributed by atoms with Crippen molar-refractivity contribution in [3.05, 3.63) is 94.2 Å². The van der Waals surface area contributed by atoms with Gasteiger partial charge in [0.15, 0.2) is 0 Å². The molecule has 0 radical (unpaired) electrons. The summed E-state index contributed by atoms with van der Waals surface area (Å²) in [5.41, 5.74) is 1.43. The van der Waals surface area contributed by atoms with Gasteiger partial charge >= 0.3 is 10.1 Å². The van der Waals surface area contributed by atoms with E-state index in [1.165, 1.54) is 12.1 Å². The van der Waals surface area contributed by atoms with Crippen LogP contribution in [0.3, 0.4) is 0 Å². The predicted octanol–water partition coefficient (Wildman–Crippen LogP) is 5.80. The Morgan fingerprint density at radius 1 is 1.00 bits per heavy atom. The van der Waals surface area contributed by atoms with Gasteiger partial charge in [0.2, 0.25) is 0 Å². The summed E-state index contributed by atoms with van der Waals surface area (Å²) in [6.07, 6.45) is 0.791. The van der Waals surface area contributed by atoms with Crippen LogP contribution in [0.2, 0.25) is 0 Å². The van der Waals surface area contributed by atoms with Crippen LogP contribution in [-0.2, 0) is 16.7 Å². The van der Waals surface area contributed by atoms with E-state index in [1.54, 1.807) is 29.2 Å². The highest BCUT2D eigenvalue weighted by atomic mass is 79.9. The summed E-state index contributed by atoms with van der Waals surface area (Å²) in [5, 5.41) is 0. The van der Waals surface area contributed by atoms with Crippen LogP contribution in [-0.4, -0.2) is 25.3 Å². The van der Waals surface area contributed by atoms with Crippen LogP contribution in [0.15, 0.2) is 82.2 Å². The molecule has 0 spiro atoms. The minimum Gasteiger partial charge on any atom is -0.379 e. The van der Waals surface area contributed by atoms with Crippen LogP contribution in [0.1, 0.15) is 36.2 Å². The highest BCUT2D eigenvalue weighted by molar-refractivity contribution is 9.10. The molecule has 1 atom stereocenters.